The molecule has 2 aliphatic heterocycles. The minimum absolute atomic E-state index is 0.410. The van der Waals surface area contributed by atoms with Crippen molar-refractivity contribution in [3.05, 3.63) is 28.2 Å². The molecule has 1 aromatic rings. The molecule has 0 spiro atoms. The van der Waals surface area contributed by atoms with Crippen LogP contribution in [0.15, 0.2) is 22.7 Å². The molecule has 0 bridgehead atoms. The van der Waals surface area contributed by atoms with Gasteiger partial charge in [-0.15, -0.1) is 0 Å². The Kier molecular flexibility index (Phi) is 4.10. The van der Waals surface area contributed by atoms with Crippen molar-refractivity contribution in [1.29, 1.82) is 0 Å². The largest absolute Gasteiger partial charge is 0.508 e. The lowest BCUT2D eigenvalue weighted by Crippen LogP contribution is -2.43. The third kappa shape index (κ3) is 2.96. The summed E-state index contributed by atoms with van der Waals surface area (Å²) in [6, 6.07) is 6.99. The maximum atomic E-state index is 9.98. The van der Waals surface area contributed by atoms with E-state index in [9.17, 15) is 5.11 Å². The molecule has 19 heavy (non-hydrogen) atoms. The number of benzene rings is 1. The third-order valence-electron chi connectivity index (χ3n) is 4.39. The fourth-order valence-electron chi connectivity index (χ4n) is 3.44. The molecule has 0 aromatic heterocycles. The molecule has 2 atom stereocenters. The van der Waals surface area contributed by atoms with Crippen LogP contribution in [-0.2, 0) is 6.54 Å². The monoisotopic (exact) mass is 324 g/mol. The molecule has 3 nitrogen and oxygen atoms in total. The lowest BCUT2D eigenvalue weighted by molar-refractivity contribution is 0.204. The summed E-state index contributed by atoms with van der Waals surface area (Å²) in [6.45, 7) is 3.17. The van der Waals surface area contributed by atoms with Gasteiger partial charge in [0, 0.05) is 28.7 Å². The molecule has 104 valence electrons. The van der Waals surface area contributed by atoms with Crippen LogP contribution in [0, 0.1) is 0 Å². The van der Waals surface area contributed by atoms with E-state index in [4.69, 9.17) is 0 Å². The van der Waals surface area contributed by atoms with Crippen molar-refractivity contribution < 1.29 is 5.11 Å². The molecule has 1 aromatic carbocycles. The van der Waals surface area contributed by atoms with Gasteiger partial charge in [-0.3, -0.25) is 4.90 Å². The lowest BCUT2D eigenvalue weighted by atomic mass is 10.0. The van der Waals surface area contributed by atoms with Gasteiger partial charge in [0.25, 0.3) is 0 Å². The Balaban J connectivity index is 1.72. The molecule has 0 aliphatic carbocycles. The fourth-order valence-corrected chi connectivity index (χ4v) is 3.85. The number of phenolic OH excluding ortho intramolecular Hbond substituents is 1. The van der Waals surface area contributed by atoms with Crippen LogP contribution < -0.4 is 5.32 Å². The SMILES string of the molecule is Oc1ccc(Br)cc1CN1CCCC1C1CCCN1. The number of hydrogen-bond acceptors (Lipinski definition) is 3. The van der Waals surface area contributed by atoms with Gasteiger partial charge in [0.05, 0.1) is 0 Å². The molecule has 2 unspecified atom stereocenters. The van der Waals surface area contributed by atoms with Crippen LogP contribution in [0.1, 0.15) is 31.2 Å². The second-order valence-electron chi connectivity index (χ2n) is 5.66. The minimum Gasteiger partial charge on any atom is -0.508 e. The number of aromatic hydroxyl groups is 1. The normalized spacial score (nSPS) is 28.1. The van der Waals surface area contributed by atoms with Gasteiger partial charge in [-0.1, -0.05) is 15.9 Å². The molecule has 2 N–H and O–H groups in total. The van der Waals surface area contributed by atoms with Crippen molar-refractivity contribution in [2.24, 2.45) is 0 Å². The van der Waals surface area contributed by atoms with Crippen LogP contribution in [0.25, 0.3) is 0 Å². The Morgan fingerprint density at radius 2 is 2.21 bits per heavy atom. The molecule has 0 radical (unpaired) electrons. The fraction of sp³-hybridized carbons (Fsp3) is 0.600. The molecule has 2 saturated heterocycles. The highest BCUT2D eigenvalue weighted by Crippen LogP contribution is 2.29. The Morgan fingerprint density at radius 1 is 1.32 bits per heavy atom. The molecule has 3 rings (SSSR count). The van der Waals surface area contributed by atoms with E-state index in [-0.39, 0.29) is 0 Å². The van der Waals surface area contributed by atoms with Crippen molar-refractivity contribution >= 4 is 15.9 Å². The maximum absolute atomic E-state index is 9.98. The van der Waals surface area contributed by atoms with E-state index in [0.717, 1.165) is 29.7 Å². The van der Waals surface area contributed by atoms with E-state index in [1.807, 2.05) is 12.1 Å². The number of nitrogens with zero attached hydrogens (tertiary/aromatic N) is 1. The standard InChI is InChI=1S/C15H21BrN2O/c16-12-5-6-15(19)11(9-12)10-18-8-2-4-14(18)13-3-1-7-17-13/h5-6,9,13-14,17,19H,1-4,7-8,10H2. The molecule has 2 aliphatic rings. The first kappa shape index (κ1) is 13.4. The highest BCUT2D eigenvalue weighted by molar-refractivity contribution is 9.10. The molecule has 2 heterocycles. The molecular formula is C15H21BrN2O. The Morgan fingerprint density at radius 3 is 3.00 bits per heavy atom. The zero-order valence-electron chi connectivity index (χ0n) is 11.1. The molecule has 2 fully saturated rings. The topological polar surface area (TPSA) is 35.5 Å². The second kappa shape index (κ2) is 5.81. The first-order valence-electron chi connectivity index (χ1n) is 7.19. The van der Waals surface area contributed by atoms with Crippen molar-refractivity contribution in [1.82, 2.24) is 10.2 Å². The van der Waals surface area contributed by atoms with Crippen LogP contribution in [0.2, 0.25) is 0 Å². The number of rotatable bonds is 3. The molecule has 0 saturated carbocycles. The number of likely N-dealkylation sites (tertiary alicyclic amines) is 1. The Bertz CT molecular complexity index is 446. The van der Waals surface area contributed by atoms with Gasteiger partial charge in [0.2, 0.25) is 0 Å². The van der Waals surface area contributed by atoms with Crippen LogP contribution in [-0.4, -0.2) is 35.2 Å². The first-order chi connectivity index (χ1) is 9.24. The Hall–Kier alpha value is -0.580. The summed E-state index contributed by atoms with van der Waals surface area (Å²) in [5.41, 5.74) is 1.03. The van der Waals surface area contributed by atoms with Gasteiger partial charge in [0.1, 0.15) is 5.75 Å². The van der Waals surface area contributed by atoms with Crippen molar-refractivity contribution in [3.63, 3.8) is 0 Å². The summed E-state index contributed by atoms with van der Waals surface area (Å²) in [5, 5.41) is 13.6. The number of halogens is 1. The predicted molar refractivity (Wildman–Crippen MR) is 80.3 cm³/mol. The van der Waals surface area contributed by atoms with Crippen LogP contribution >= 0.6 is 15.9 Å². The summed E-state index contributed by atoms with van der Waals surface area (Å²) in [7, 11) is 0. The van der Waals surface area contributed by atoms with Crippen LogP contribution in [0.5, 0.6) is 5.75 Å². The van der Waals surface area contributed by atoms with Gasteiger partial charge in [-0.2, -0.15) is 0 Å². The van der Waals surface area contributed by atoms with E-state index < -0.39 is 0 Å². The third-order valence-corrected chi connectivity index (χ3v) is 4.89. The van der Waals surface area contributed by atoms with E-state index in [1.54, 1.807) is 6.07 Å². The van der Waals surface area contributed by atoms with E-state index in [2.05, 4.69) is 26.1 Å². The van der Waals surface area contributed by atoms with Crippen LogP contribution in [0.4, 0.5) is 0 Å². The highest BCUT2D eigenvalue weighted by atomic mass is 79.9. The quantitative estimate of drug-likeness (QED) is 0.897. The summed E-state index contributed by atoms with van der Waals surface area (Å²) in [4.78, 5) is 2.53. The number of phenols is 1. The average molecular weight is 325 g/mol. The zero-order chi connectivity index (χ0) is 13.2. The lowest BCUT2D eigenvalue weighted by Gasteiger charge is -2.29. The summed E-state index contributed by atoms with van der Waals surface area (Å²) in [6.07, 6.45) is 5.16. The van der Waals surface area contributed by atoms with Gasteiger partial charge in [-0.25, -0.2) is 0 Å². The van der Waals surface area contributed by atoms with Crippen molar-refractivity contribution in [2.75, 3.05) is 13.1 Å². The van der Waals surface area contributed by atoms with Crippen molar-refractivity contribution in [2.45, 2.75) is 44.3 Å². The number of hydrogen-bond donors (Lipinski definition) is 2. The summed E-state index contributed by atoms with van der Waals surface area (Å²) >= 11 is 3.49. The van der Waals surface area contributed by atoms with E-state index in [0.29, 0.717) is 17.8 Å². The first-order valence-corrected chi connectivity index (χ1v) is 7.98. The van der Waals surface area contributed by atoms with Crippen LogP contribution in [0.3, 0.4) is 0 Å². The number of nitrogens with one attached hydrogen (secondary N) is 1. The molecule has 0 amide bonds. The van der Waals surface area contributed by atoms with Crippen molar-refractivity contribution in [3.8, 4) is 5.75 Å². The zero-order valence-corrected chi connectivity index (χ0v) is 12.7. The van der Waals surface area contributed by atoms with Gasteiger partial charge in [-0.05, 0) is 57.0 Å². The average Bonchev–Trinajstić information content (AvgIpc) is 3.03. The summed E-state index contributed by atoms with van der Waals surface area (Å²) < 4.78 is 1.04. The molecule has 4 heteroatoms. The van der Waals surface area contributed by atoms with Gasteiger partial charge < -0.3 is 10.4 Å². The summed E-state index contributed by atoms with van der Waals surface area (Å²) in [5.74, 6) is 0.410. The minimum atomic E-state index is 0.410. The maximum Gasteiger partial charge on any atom is 0.120 e. The van der Waals surface area contributed by atoms with E-state index in [1.165, 1.54) is 25.7 Å². The Labute approximate surface area is 123 Å². The van der Waals surface area contributed by atoms with E-state index >= 15 is 0 Å². The smallest absolute Gasteiger partial charge is 0.120 e. The second-order valence-corrected chi connectivity index (χ2v) is 6.57. The van der Waals surface area contributed by atoms with Gasteiger partial charge >= 0.3 is 0 Å². The molecular weight excluding hydrogens is 304 g/mol. The highest BCUT2D eigenvalue weighted by Gasteiger charge is 2.33. The van der Waals surface area contributed by atoms with Gasteiger partial charge in [0.15, 0.2) is 0 Å². The predicted octanol–water partition coefficient (Wildman–Crippen LogP) is 2.87.